The molecule has 0 radical (unpaired) electrons. The second-order valence-corrected chi connectivity index (χ2v) is 6.31. The fraction of sp³-hybridized carbons (Fsp3) is 0.364. The zero-order valence-electron chi connectivity index (χ0n) is 10.5. The van der Waals surface area contributed by atoms with Crippen molar-refractivity contribution in [1.82, 2.24) is 0 Å². The first-order chi connectivity index (χ1) is 8.89. The van der Waals surface area contributed by atoms with E-state index in [2.05, 4.69) is 0 Å². The molecule has 0 fully saturated rings. The fourth-order valence-corrected chi connectivity index (χ4v) is 2.25. The van der Waals surface area contributed by atoms with Gasteiger partial charge in [-0.25, -0.2) is 13.2 Å². The van der Waals surface area contributed by atoms with E-state index < -0.39 is 38.1 Å². The van der Waals surface area contributed by atoms with E-state index in [1.165, 1.54) is 12.1 Å². The predicted molar refractivity (Wildman–Crippen MR) is 65.3 cm³/mol. The van der Waals surface area contributed by atoms with Crippen molar-refractivity contribution in [3.05, 3.63) is 24.3 Å². The molecule has 0 aliphatic carbocycles. The van der Waals surface area contributed by atoms with Crippen LogP contribution in [-0.2, 0) is 14.6 Å². The average molecular weight is 311 g/mol. The maximum Gasteiger partial charge on any atom is 0.422 e. The lowest BCUT2D eigenvalue weighted by atomic mass is 10.0. The van der Waals surface area contributed by atoms with E-state index in [0.29, 0.717) is 6.92 Å². The molecular weight excluding hydrogens is 299 g/mol. The number of carboxylic acid groups (broad SMARTS) is 1. The Bertz CT molecular complexity index is 627. The highest BCUT2D eigenvalue weighted by Gasteiger charge is 2.57. The van der Waals surface area contributed by atoms with Gasteiger partial charge < -0.3 is 10.4 Å². The SMILES string of the molecule is CC(Nc1ccccc1S(C)(=O)=O)(C(=O)O)C(F)(F)F. The van der Waals surface area contributed by atoms with Gasteiger partial charge in [0.2, 0.25) is 5.54 Å². The minimum Gasteiger partial charge on any atom is -0.479 e. The molecule has 1 rings (SSSR count). The molecule has 0 aliphatic heterocycles. The summed E-state index contributed by atoms with van der Waals surface area (Å²) in [5.41, 5.74) is -3.72. The normalized spacial score (nSPS) is 15.4. The number of hydrogen-bond acceptors (Lipinski definition) is 4. The summed E-state index contributed by atoms with van der Waals surface area (Å²) in [6, 6.07) is 4.79. The van der Waals surface area contributed by atoms with E-state index in [0.717, 1.165) is 18.4 Å². The molecule has 9 heteroatoms. The van der Waals surface area contributed by atoms with Gasteiger partial charge >= 0.3 is 12.1 Å². The Morgan fingerprint density at radius 2 is 1.75 bits per heavy atom. The van der Waals surface area contributed by atoms with Crippen molar-refractivity contribution in [2.75, 3.05) is 11.6 Å². The van der Waals surface area contributed by atoms with Gasteiger partial charge in [0.1, 0.15) is 0 Å². The molecule has 1 atom stereocenters. The third kappa shape index (κ3) is 3.03. The number of rotatable bonds is 4. The van der Waals surface area contributed by atoms with Gasteiger partial charge in [-0.3, -0.25) is 0 Å². The van der Waals surface area contributed by atoms with Gasteiger partial charge in [-0.15, -0.1) is 0 Å². The number of hydrogen-bond donors (Lipinski definition) is 2. The molecule has 0 bridgehead atoms. The number of benzene rings is 1. The Kier molecular flexibility index (Phi) is 4.04. The topological polar surface area (TPSA) is 83.5 Å². The van der Waals surface area contributed by atoms with E-state index in [-0.39, 0.29) is 0 Å². The van der Waals surface area contributed by atoms with Gasteiger partial charge in [0.25, 0.3) is 0 Å². The van der Waals surface area contributed by atoms with Crippen molar-refractivity contribution in [3.8, 4) is 0 Å². The lowest BCUT2D eigenvalue weighted by Gasteiger charge is -2.30. The van der Waals surface area contributed by atoms with Gasteiger partial charge in [-0.05, 0) is 19.1 Å². The maximum absolute atomic E-state index is 12.9. The molecule has 1 unspecified atom stereocenters. The molecule has 112 valence electrons. The van der Waals surface area contributed by atoms with E-state index in [4.69, 9.17) is 5.11 Å². The van der Waals surface area contributed by atoms with E-state index in [1.807, 2.05) is 0 Å². The van der Waals surface area contributed by atoms with Crippen molar-refractivity contribution in [3.63, 3.8) is 0 Å². The Balaban J connectivity index is 3.39. The molecular formula is C11H12F3NO4S. The molecule has 0 amide bonds. The van der Waals surface area contributed by atoms with Crippen molar-refractivity contribution >= 4 is 21.5 Å². The highest BCUT2D eigenvalue weighted by molar-refractivity contribution is 7.90. The monoisotopic (exact) mass is 311 g/mol. The molecule has 2 N–H and O–H groups in total. The van der Waals surface area contributed by atoms with Gasteiger partial charge in [0.05, 0.1) is 10.6 Å². The average Bonchev–Trinajstić information content (AvgIpc) is 2.26. The van der Waals surface area contributed by atoms with E-state index in [1.54, 1.807) is 5.32 Å². The van der Waals surface area contributed by atoms with E-state index >= 15 is 0 Å². The lowest BCUT2D eigenvalue weighted by molar-refractivity contribution is -0.192. The maximum atomic E-state index is 12.9. The third-order valence-corrected chi connectivity index (χ3v) is 3.82. The van der Waals surface area contributed by atoms with Crippen LogP contribution in [0.5, 0.6) is 0 Å². The minimum absolute atomic E-state index is 0.406. The summed E-state index contributed by atoms with van der Waals surface area (Å²) in [5.74, 6) is -2.16. The standard InChI is InChI=1S/C11H12F3NO4S/c1-10(9(16)17,11(12,13)14)15-7-5-3-4-6-8(7)20(2,18)19/h3-6,15H,1-2H3,(H,16,17). The van der Waals surface area contributed by atoms with E-state index in [9.17, 15) is 26.4 Å². The van der Waals surface area contributed by atoms with Gasteiger partial charge in [-0.1, -0.05) is 12.1 Å². The van der Waals surface area contributed by atoms with Gasteiger partial charge in [0.15, 0.2) is 9.84 Å². The highest BCUT2D eigenvalue weighted by atomic mass is 32.2. The zero-order chi connectivity index (χ0) is 15.8. The first kappa shape index (κ1) is 16.3. The summed E-state index contributed by atoms with van der Waals surface area (Å²) >= 11 is 0. The minimum atomic E-state index is -5.11. The van der Waals surface area contributed by atoms with Crippen LogP contribution in [0.4, 0.5) is 18.9 Å². The van der Waals surface area contributed by atoms with Crippen LogP contribution in [0.2, 0.25) is 0 Å². The molecule has 0 heterocycles. The predicted octanol–water partition coefficient (Wildman–Crippen LogP) is 1.91. The summed E-state index contributed by atoms with van der Waals surface area (Å²) in [7, 11) is -3.80. The Labute approximate surface area is 113 Å². The van der Waals surface area contributed by atoms with Crippen molar-refractivity contribution in [2.24, 2.45) is 0 Å². The number of halogens is 3. The van der Waals surface area contributed by atoms with Crippen LogP contribution < -0.4 is 5.32 Å². The number of carbonyl (C=O) groups is 1. The molecule has 20 heavy (non-hydrogen) atoms. The zero-order valence-corrected chi connectivity index (χ0v) is 11.3. The number of anilines is 1. The summed E-state index contributed by atoms with van der Waals surface area (Å²) < 4.78 is 61.6. The van der Waals surface area contributed by atoms with Crippen molar-refractivity contribution in [1.29, 1.82) is 0 Å². The first-order valence-corrected chi connectivity index (χ1v) is 7.16. The lowest BCUT2D eigenvalue weighted by Crippen LogP contribution is -2.55. The number of carboxylic acids is 1. The van der Waals surface area contributed by atoms with Crippen LogP contribution in [0, 0.1) is 0 Å². The number of aliphatic carboxylic acids is 1. The molecule has 0 aliphatic rings. The molecule has 5 nitrogen and oxygen atoms in total. The molecule has 0 spiro atoms. The van der Waals surface area contributed by atoms with Crippen LogP contribution in [0.1, 0.15) is 6.92 Å². The van der Waals surface area contributed by atoms with Crippen LogP contribution in [0.25, 0.3) is 0 Å². The fourth-order valence-electron chi connectivity index (χ4n) is 1.41. The summed E-state index contributed by atoms with van der Waals surface area (Å²) in [6.07, 6.45) is -4.29. The number of sulfone groups is 1. The smallest absolute Gasteiger partial charge is 0.422 e. The Morgan fingerprint density at radius 3 is 2.15 bits per heavy atom. The Morgan fingerprint density at radius 1 is 1.25 bits per heavy atom. The van der Waals surface area contributed by atoms with Crippen LogP contribution >= 0.6 is 0 Å². The summed E-state index contributed by atoms with van der Waals surface area (Å²) in [6.45, 7) is 0.425. The number of alkyl halides is 3. The second kappa shape index (κ2) is 4.97. The molecule has 1 aromatic carbocycles. The van der Waals surface area contributed by atoms with Crippen LogP contribution in [0.3, 0.4) is 0 Å². The van der Waals surface area contributed by atoms with Gasteiger partial charge in [0, 0.05) is 6.26 Å². The number of nitrogens with one attached hydrogen (secondary N) is 1. The Hall–Kier alpha value is -1.77. The molecule has 1 aromatic rings. The largest absolute Gasteiger partial charge is 0.479 e. The molecule has 0 aromatic heterocycles. The highest BCUT2D eigenvalue weighted by Crippen LogP contribution is 2.35. The molecule has 0 saturated heterocycles. The van der Waals surface area contributed by atoms with Crippen LogP contribution in [-0.4, -0.2) is 37.5 Å². The summed E-state index contributed by atoms with van der Waals surface area (Å²) in [5, 5.41) is 10.6. The van der Waals surface area contributed by atoms with Crippen molar-refractivity contribution in [2.45, 2.75) is 23.5 Å². The quantitative estimate of drug-likeness (QED) is 0.887. The second-order valence-electron chi connectivity index (χ2n) is 4.32. The summed E-state index contributed by atoms with van der Waals surface area (Å²) in [4.78, 5) is 10.5. The number of para-hydroxylation sites is 1. The van der Waals surface area contributed by atoms with Crippen LogP contribution in [0.15, 0.2) is 29.2 Å². The molecule has 0 saturated carbocycles. The first-order valence-electron chi connectivity index (χ1n) is 5.27. The van der Waals surface area contributed by atoms with Crippen molar-refractivity contribution < 1.29 is 31.5 Å². The third-order valence-electron chi connectivity index (χ3n) is 2.67. The van der Waals surface area contributed by atoms with Gasteiger partial charge in [-0.2, -0.15) is 13.2 Å².